The van der Waals surface area contributed by atoms with Crippen molar-refractivity contribution in [2.75, 3.05) is 36.0 Å². The third-order valence-corrected chi connectivity index (χ3v) is 5.35. The Kier molecular flexibility index (Phi) is 6.84. The molecule has 0 unspecified atom stereocenters. The number of nitrogens with one attached hydrogen (secondary N) is 1. The zero-order chi connectivity index (χ0) is 22.6. The molecule has 0 aromatic heterocycles. The number of nitriles is 1. The van der Waals surface area contributed by atoms with Crippen molar-refractivity contribution in [2.45, 2.75) is 46.1 Å². The lowest BCUT2D eigenvalue weighted by Crippen LogP contribution is -2.36. The first-order chi connectivity index (χ1) is 14.7. The maximum atomic E-state index is 14.8. The highest BCUT2D eigenvalue weighted by molar-refractivity contribution is 5.90. The van der Waals surface area contributed by atoms with Crippen LogP contribution in [0.15, 0.2) is 29.8 Å². The maximum Gasteiger partial charge on any atom is 0.414 e. The van der Waals surface area contributed by atoms with Gasteiger partial charge in [0.2, 0.25) is 5.91 Å². The second kappa shape index (κ2) is 9.38. The number of piperidine rings is 1. The second-order valence-electron chi connectivity index (χ2n) is 9.21. The number of amides is 2. The predicted octanol–water partition coefficient (Wildman–Crippen LogP) is 3.75. The number of carbonyl (C=O) groups is 2. The summed E-state index contributed by atoms with van der Waals surface area (Å²) in [5.41, 5.74) is 1.87. The number of benzene rings is 1. The first-order valence-corrected chi connectivity index (χ1v) is 10.5. The van der Waals surface area contributed by atoms with E-state index in [1.54, 1.807) is 18.2 Å². The molecule has 166 valence electrons. The van der Waals surface area contributed by atoms with E-state index in [1.165, 1.54) is 11.0 Å². The quantitative estimate of drug-likeness (QED) is 0.722. The van der Waals surface area contributed by atoms with Gasteiger partial charge in [-0.1, -0.05) is 26.3 Å². The smallest absolute Gasteiger partial charge is 0.414 e. The van der Waals surface area contributed by atoms with Gasteiger partial charge >= 0.3 is 6.09 Å². The summed E-state index contributed by atoms with van der Waals surface area (Å²) in [5, 5.41) is 11.6. The second-order valence-corrected chi connectivity index (χ2v) is 9.21. The Hall–Kier alpha value is -3.08. The van der Waals surface area contributed by atoms with E-state index in [1.807, 2.05) is 31.7 Å². The lowest BCUT2D eigenvalue weighted by Gasteiger charge is -2.30. The fourth-order valence-electron chi connectivity index (χ4n) is 3.80. The van der Waals surface area contributed by atoms with Crippen molar-refractivity contribution < 1.29 is 18.7 Å². The molecule has 31 heavy (non-hydrogen) atoms. The number of allylic oxidation sites excluding steroid dienone is 1. The van der Waals surface area contributed by atoms with E-state index in [0.29, 0.717) is 30.9 Å². The third kappa shape index (κ3) is 5.97. The molecule has 8 heteroatoms. The van der Waals surface area contributed by atoms with Gasteiger partial charge in [0.25, 0.3) is 0 Å². The van der Waals surface area contributed by atoms with Crippen LogP contribution in [-0.2, 0) is 9.53 Å². The van der Waals surface area contributed by atoms with Gasteiger partial charge in [-0.2, -0.15) is 5.26 Å². The Balaban J connectivity index is 1.59. The molecule has 0 radical (unpaired) electrons. The summed E-state index contributed by atoms with van der Waals surface area (Å²) in [7, 11) is 0. The number of cyclic esters (lactones) is 1. The summed E-state index contributed by atoms with van der Waals surface area (Å²) >= 11 is 0. The van der Waals surface area contributed by atoms with Crippen molar-refractivity contribution in [3.05, 3.63) is 35.7 Å². The summed E-state index contributed by atoms with van der Waals surface area (Å²) in [5.74, 6) is -0.494. The van der Waals surface area contributed by atoms with E-state index in [2.05, 4.69) is 5.32 Å². The van der Waals surface area contributed by atoms with Crippen LogP contribution in [0.3, 0.4) is 0 Å². The molecule has 1 aromatic rings. The van der Waals surface area contributed by atoms with Crippen molar-refractivity contribution >= 4 is 23.4 Å². The van der Waals surface area contributed by atoms with Crippen LogP contribution in [0, 0.1) is 22.6 Å². The van der Waals surface area contributed by atoms with Crippen molar-refractivity contribution in [3.8, 4) is 6.07 Å². The first kappa shape index (κ1) is 22.6. The first-order valence-electron chi connectivity index (χ1n) is 10.5. The SMILES string of the molecule is CC(C)(C)CC(=O)NC[C@H]1CN(c2ccc(N3CCC(=CC#N)CC3)c(F)c2)C(=O)O1. The standard InChI is InChI=1S/C23H29FN4O3/c1-23(2,3)13-21(29)26-14-18-15-28(22(30)31-18)17-4-5-20(19(24)12-17)27-10-7-16(6-9-25)8-11-27/h4-6,12,18H,7-8,10-11,13-15H2,1-3H3,(H,26,29)/t18-/m0/s1. The molecule has 0 aliphatic carbocycles. The zero-order valence-corrected chi connectivity index (χ0v) is 18.3. The van der Waals surface area contributed by atoms with Gasteiger partial charge in [0, 0.05) is 25.6 Å². The molecular weight excluding hydrogens is 399 g/mol. The largest absolute Gasteiger partial charge is 0.442 e. The van der Waals surface area contributed by atoms with Crippen LogP contribution in [0.4, 0.5) is 20.6 Å². The van der Waals surface area contributed by atoms with Crippen molar-refractivity contribution in [1.29, 1.82) is 5.26 Å². The number of anilines is 2. The predicted molar refractivity (Wildman–Crippen MR) is 116 cm³/mol. The molecular formula is C23H29FN4O3. The lowest BCUT2D eigenvalue weighted by atomic mass is 9.92. The Morgan fingerprint density at radius 3 is 2.68 bits per heavy atom. The van der Waals surface area contributed by atoms with Crippen molar-refractivity contribution in [2.24, 2.45) is 5.41 Å². The Morgan fingerprint density at radius 1 is 1.35 bits per heavy atom. The molecule has 2 heterocycles. The zero-order valence-electron chi connectivity index (χ0n) is 18.3. The Bertz CT molecular complexity index is 906. The van der Waals surface area contributed by atoms with Crippen molar-refractivity contribution in [3.63, 3.8) is 0 Å². The fraction of sp³-hybridized carbons (Fsp3) is 0.522. The number of carbonyl (C=O) groups excluding carboxylic acids is 2. The van der Waals surface area contributed by atoms with E-state index < -0.39 is 18.0 Å². The average Bonchev–Trinajstić information content (AvgIpc) is 3.07. The summed E-state index contributed by atoms with van der Waals surface area (Å²) in [4.78, 5) is 27.6. The molecule has 2 aliphatic rings. The van der Waals surface area contributed by atoms with Gasteiger partial charge in [0.05, 0.1) is 30.5 Å². The molecule has 0 saturated carbocycles. The van der Waals surface area contributed by atoms with Gasteiger partial charge in [0.1, 0.15) is 11.9 Å². The minimum absolute atomic E-state index is 0.0910. The van der Waals surface area contributed by atoms with Crippen LogP contribution in [-0.4, -0.2) is 44.3 Å². The molecule has 1 aromatic carbocycles. The van der Waals surface area contributed by atoms with E-state index in [9.17, 15) is 14.0 Å². The number of hydrogen-bond donors (Lipinski definition) is 1. The van der Waals surface area contributed by atoms with Gasteiger partial charge in [-0.15, -0.1) is 0 Å². The monoisotopic (exact) mass is 428 g/mol. The Labute approximate surface area is 182 Å². The molecule has 0 spiro atoms. The van der Waals surface area contributed by atoms with Crippen LogP contribution in [0.2, 0.25) is 0 Å². The Morgan fingerprint density at radius 2 is 2.06 bits per heavy atom. The van der Waals surface area contributed by atoms with Gasteiger partial charge < -0.3 is 15.0 Å². The van der Waals surface area contributed by atoms with Crippen LogP contribution in [0.1, 0.15) is 40.0 Å². The normalized spacial score (nSPS) is 19.1. The molecule has 2 saturated heterocycles. The summed E-state index contributed by atoms with van der Waals surface area (Å²) in [6.45, 7) is 7.71. The molecule has 1 N–H and O–H groups in total. The highest BCUT2D eigenvalue weighted by atomic mass is 19.1. The van der Waals surface area contributed by atoms with Crippen LogP contribution in [0.25, 0.3) is 0 Å². The topological polar surface area (TPSA) is 85.7 Å². The van der Waals surface area contributed by atoms with Gasteiger partial charge in [0.15, 0.2) is 0 Å². The highest BCUT2D eigenvalue weighted by Crippen LogP contribution is 2.30. The molecule has 2 aliphatic heterocycles. The van der Waals surface area contributed by atoms with Crippen LogP contribution < -0.4 is 15.1 Å². The summed E-state index contributed by atoms with van der Waals surface area (Å²) in [6.07, 6.45) is 2.38. The number of halogens is 1. The minimum atomic E-state index is -0.550. The lowest BCUT2D eigenvalue weighted by molar-refractivity contribution is -0.123. The number of rotatable bonds is 5. The van der Waals surface area contributed by atoms with E-state index in [0.717, 1.165) is 18.4 Å². The van der Waals surface area contributed by atoms with E-state index in [4.69, 9.17) is 10.00 Å². The minimum Gasteiger partial charge on any atom is -0.442 e. The molecule has 3 rings (SSSR count). The van der Waals surface area contributed by atoms with E-state index in [-0.39, 0.29) is 24.4 Å². The molecule has 1 atom stereocenters. The number of ether oxygens (including phenoxy) is 1. The molecule has 2 amide bonds. The molecule has 0 bridgehead atoms. The maximum absolute atomic E-state index is 14.8. The van der Waals surface area contributed by atoms with Crippen LogP contribution in [0.5, 0.6) is 0 Å². The van der Waals surface area contributed by atoms with E-state index >= 15 is 0 Å². The van der Waals surface area contributed by atoms with Gasteiger partial charge in [-0.25, -0.2) is 9.18 Å². The summed E-state index contributed by atoms with van der Waals surface area (Å²) < 4.78 is 20.2. The molecule has 2 fully saturated rings. The summed E-state index contributed by atoms with van der Waals surface area (Å²) in [6, 6.07) is 6.78. The van der Waals surface area contributed by atoms with Crippen LogP contribution >= 0.6 is 0 Å². The average molecular weight is 429 g/mol. The van der Waals surface area contributed by atoms with Gasteiger partial charge in [-0.05, 0) is 36.5 Å². The third-order valence-electron chi connectivity index (χ3n) is 5.35. The highest BCUT2D eigenvalue weighted by Gasteiger charge is 2.33. The molecule has 7 nitrogen and oxygen atoms in total. The van der Waals surface area contributed by atoms with Crippen molar-refractivity contribution in [1.82, 2.24) is 5.32 Å². The fourth-order valence-corrected chi connectivity index (χ4v) is 3.80. The number of hydrogen-bond acceptors (Lipinski definition) is 5. The van der Waals surface area contributed by atoms with Gasteiger partial charge in [-0.3, -0.25) is 9.69 Å². The number of nitrogens with zero attached hydrogens (tertiary/aromatic N) is 3.